The Labute approximate surface area is 124 Å². The van der Waals surface area contributed by atoms with Gasteiger partial charge in [-0.15, -0.1) is 0 Å². The van der Waals surface area contributed by atoms with Crippen LogP contribution in [-0.4, -0.2) is 62.7 Å². The van der Waals surface area contributed by atoms with Crippen molar-refractivity contribution in [1.29, 1.82) is 0 Å². The predicted molar refractivity (Wildman–Crippen MR) is 81.7 cm³/mol. The molecule has 0 aromatic rings. The second-order valence-electron chi connectivity index (χ2n) is 3.73. The summed E-state index contributed by atoms with van der Waals surface area (Å²) in [6.07, 6.45) is 0.876. The van der Waals surface area contributed by atoms with Crippen LogP contribution in [0.4, 0.5) is 0 Å². The summed E-state index contributed by atoms with van der Waals surface area (Å²) in [7, 11) is -1.57. The molecule has 0 atom stereocenters. The highest BCUT2D eigenvalue weighted by Crippen LogP contribution is 2.12. The molecule has 0 radical (unpaired) electrons. The maximum absolute atomic E-state index is 5.90. The lowest BCUT2D eigenvalue weighted by molar-refractivity contribution is 0.112. The van der Waals surface area contributed by atoms with E-state index >= 15 is 0 Å². The maximum atomic E-state index is 5.90. The van der Waals surface area contributed by atoms with Gasteiger partial charge in [0, 0.05) is 20.8 Å². The fourth-order valence-electron chi connectivity index (χ4n) is 1.54. The van der Waals surface area contributed by atoms with E-state index in [0.29, 0.717) is 32.0 Å². The van der Waals surface area contributed by atoms with E-state index in [4.69, 9.17) is 27.2 Å². The molecule has 0 bridgehead atoms. The Bertz CT molecular complexity index is 273. The summed E-state index contributed by atoms with van der Waals surface area (Å²) in [5, 5.41) is 0. The van der Waals surface area contributed by atoms with E-state index in [9.17, 15) is 0 Å². The van der Waals surface area contributed by atoms with E-state index in [0.717, 1.165) is 6.42 Å². The van der Waals surface area contributed by atoms with Crippen molar-refractivity contribution in [3.63, 3.8) is 0 Å². The standard InChI is InChI=1S/C12H28O6Si2/c1-7-11-18-20(13-5,14-6)19(17-10-4)12(15-8-2)16-9-3/h7-11H2,1-6H3. The molecule has 0 saturated carbocycles. The van der Waals surface area contributed by atoms with Gasteiger partial charge < -0.3 is 27.2 Å². The molecule has 8 heteroatoms. The minimum Gasteiger partial charge on any atom is -0.544 e. The molecule has 0 N–H and O–H groups in total. The van der Waals surface area contributed by atoms with Gasteiger partial charge in [-0.3, -0.25) is 0 Å². The Morgan fingerprint density at radius 3 is 1.80 bits per heavy atom. The summed E-state index contributed by atoms with van der Waals surface area (Å²) in [4.78, 5) is 0. The number of hydrogen-bond donors (Lipinski definition) is 0. The fraction of sp³-hybridized carbons (Fsp3) is 0.917. The average molecular weight is 325 g/mol. The van der Waals surface area contributed by atoms with Gasteiger partial charge in [0.25, 0.3) is 5.54 Å². The molecule has 20 heavy (non-hydrogen) atoms. The Balaban J connectivity index is 5.56. The molecule has 0 saturated heterocycles. The first kappa shape index (κ1) is 19.6. The second-order valence-corrected chi connectivity index (χ2v) is 10.5. The van der Waals surface area contributed by atoms with Crippen LogP contribution in [0, 0.1) is 0 Å². The summed E-state index contributed by atoms with van der Waals surface area (Å²) >= 11 is 0. The van der Waals surface area contributed by atoms with Crippen molar-refractivity contribution < 1.29 is 27.2 Å². The van der Waals surface area contributed by atoms with Gasteiger partial charge in [-0.1, -0.05) is 6.92 Å². The van der Waals surface area contributed by atoms with E-state index in [1.54, 1.807) is 14.2 Å². The van der Waals surface area contributed by atoms with Crippen LogP contribution >= 0.6 is 0 Å². The van der Waals surface area contributed by atoms with Gasteiger partial charge in [-0.05, 0) is 27.2 Å². The molecule has 0 amide bonds. The van der Waals surface area contributed by atoms with Crippen LogP contribution in [-0.2, 0) is 27.2 Å². The van der Waals surface area contributed by atoms with Gasteiger partial charge >= 0.3 is 16.5 Å². The lowest BCUT2D eigenvalue weighted by Gasteiger charge is -2.28. The van der Waals surface area contributed by atoms with Crippen LogP contribution in [0.2, 0.25) is 0 Å². The highest BCUT2D eigenvalue weighted by atomic mass is 29.3. The first-order chi connectivity index (χ1) is 9.65. The van der Waals surface area contributed by atoms with Crippen LogP contribution in [0.25, 0.3) is 0 Å². The Hall–Kier alpha value is -0.416. The first-order valence-electron chi connectivity index (χ1n) is 7.02. The minimum absolute atomic E-state index is 0.466. The summed E-state index contributed by atoms with van der Waals surface area (Å²) in [5.74, 6) is 0. The zero-order chi connectivity index (χ0) is 15.4. The smallest absolute Gasteiger partial charge is 0.544 e. The summed E-state index contributed by atoms with van der Waals surface area (Å²) in [6.45, 7) is 9.85. The second kappa shape index (κ2) is 11.3. The summed E-state index contributed by atoms with van der Waals surface area (Å²) in [6, 6.07) is 0. The van der Waals surface area contributed by atoms with Gasteiger partial charge in [0.15, 0.2) is 0 Å². The molecule has 6 nitrogen and oxygen atoms in total. The summed E-state index contributed by atoms with van der Waals surface area (Å²) in [5.41, 5.74) is 0.466. The zero-order valence-corrected chi connectivity index (χ0v) is 15.5. The monoisotopic (exact) mass is 324 g/mol. The van der Waals surface area contributed by atoms with Gasteiger partial charge in [0.1, 0.15) is 0 Å². The van der Waals surface area contributed by atoms with Gasteiger partial charge in [-0.2, -0.15) is 0 Å². The van der Waals surface area contributed by atoms with Crippen molar-refractivity contribution in [1.82, 2.24) is 0 Å². The van der Waals surface area contributed by atoms with Crippen molar-refractivity contribution in [2.75, 3.05) is 40.6 Å². The molecule has 0 aromatic heterocycles. The van der Waals surface area contributed by atoms with Crippen LogP contribution in [0.1, 0.15) is 34.1 Å². The largest absolute Gasteiger partial charge is 0.548 e. The molecule has 0 heterocycles. The van der Waals surface area contributed by atoms with Crippen LogP contribution in [0.5, 0.6) is 0 Å². The summed E-state index contributed by atoms with van der Waals surface area (Å²) < 4.78 is 34.2. The van der Waals surface area contributed by atoms with Crippen molar-refractivity contribution in [3.05, 3.63) is 0 Å². The average Bonchev–Trinajstić information content (AvgIpc) is 2.47. The van der Waals surface area contributed by atoms with Crippen molar-refractivity contribution in [3.8, 4) is 0 Å². The van der Waals surface area contributed by atoms with Crippen molar-refractivity contribution in [2.24, 2.45) is 0 Å². The quantitative estimate of drug-likeness (QED) is 0.507. The zero-order valence-electron chi connectivity index (χ0n) is 13.5. The lowest BCUT2D eigenvalue weighted by atomic mass is 10.5. The van der Waals surface area contributed by atoms with E-state index in [1.165, 1.54) is 0 Å². The molecule has 0 fully saturated rings. The number of hydrogen-bond acceptors (Lipinski definition) is 6. The molecule has 0 rings (SSSR count). The van der Waals surface area contributed by atoms with Crippen LogP contribution in [0.15, 0.2) is 0 Å². The predicted octanol–water partition coefficient (Wildman–Crippen LogP) is 1.49. The topological polar surface area (TPSA) is 55.4 Å². The molecule has 0 aliphatic carbocycles. The Morgan fingerprint density at radius 1 is 0.900 bits per heavy atom. The molecule has 0 spiro atoms. The van der Waals surface area contributed by atoms with E-state index < -0.39 is 16.5 Å². The van der Waals surface area contributed by atoms with Crippen LogP contribution in [0.3, 0.4) is 0 Å². The number of rotatable bonds is 12. The fourth-order valence-corrected chi connectivity index (χ4v) is 8.26. The molecule has 0 aromatic carbocycles. The molecular weight excluding hydrogens is 296 g/mol. The van der Waals surface area contributed by atoms with E-state index in [-0.39, 0.29) is 0 Å². The minimum atomic E-state index is -2.96. The highest BCUT2D eigenvalue weighted by molar-refractivity contribution is 7.23. The van der Waals surface area contributed by atoms with Crippen molar-refractivity contribution >= 4 is 22.0 Å². The Kier molecular flexibility index (Phi) is 11.0. The molecule has 0 aliphatic heterocycles. The van der Waals surface area contributed by atoms with Gasteiger partial charge in [0.2, 0.25) is 0 Å². The Morgan fingerprint density at radius 2 is 1.45 bits per heavy atom. The molecule has 0 unspecified atom stereocenters. The third-order valence-corrected chi connectivity index (χ3v) is 10.2. The van der Waals surface area contributed by atoms with E-state index in [1.807, 2.05) is 27.7 Å². The molecule has 120 valence electrons. The maximum Gasteiger partial charge on any atom is 0.548 e. The molecule has 0 aliphatic rings. The third kappa shape index (κ3) is 5.53. The highest BCUT2D eigenvalue weighted by Gasteiger charge is 2.52. The SMILES string of the molecule is CCCO[Si](OC)(OC)[Si](OCC)=C(OCC)OCC. The van der Waals surface area contributed by atoms with Crippen LogP contribution < -0.4 is 0 Å². The lowest BCUT2D eigenvalue weighted by Crippen LogP contribution is -2.58. The van der Waals surface area contributed by atoms with E-state index in [2.05, 4.69) is 0 Å². The number of ether oxygens (including phenoxy) is 2. The van der Waals surface area contributed by atoms with Gasteiger partial charge in [0.05, 0.1) is 19.8 Å². The third-order valence-electron chi connectivity index (χ3n) is 2.34. The first-order valence-corrected chi connectivity index (χ1v) is 11.2. The van der Waals surface area contributed by atoms with Gasteiger partial charge in [-0.25, -0.2) is 0 Å². The van der Waals surface area contributed by atoms with Crippen molar-refractivity contribution in [2.45, 2.75) is 34.1 Å². The normalized spacial score (nSPS) is 11.1. The molecular formula is C12H28O6Si2.